The average molecular weight is 250 g/mol. The van der Waals surface area contributed by atoms with E-state index in [1.807, 2.05) is 5.38 Å². The third-order valence-electron chi connectivity index (χ3n) is 2.21. The SMILES string of the molecule is O=C(NCCc1nccs1)c1ccc(F)cc1. The van der Waals surface area contributed by atoms with E-state index in [-0.39, 0.29) is 11.7 Å². The second-order valence-corrected chi connectivity index (χ2v) is 4.42. The van der Waals surface area contributed by atoms with Gasteiger partial charge in [-0.3, -0.25) is 4.79 Å². The quantitative estimate of drug-likeness (QED) is 0.904. The summed E-state index contributed by atoms with van der Waals surface area (Å²) in [6.07, 6.45) is 2.45. The fourth-order valence-corrected chi connectivity index (χ4v) is 1.98. The second-order valence-electron chi connectivity index (χ2n) is 3.44. The Bertz CT molecular complexity index is 482. The Morgan fingerprint density at radius 3 is 2.76 bits per heavy atom. The lowest BCUT2D eigenvalue weighted by atomic mass is 10.2. The summed E-state index contributed by atoms with van der Waals surface area (Å²) in [5.41, 5.74) is 0.463. The zero-order valence-electron chi connectivity index (χ0n) is 9.02. The zero-order chi connectivity index (χ0) is 12.1. The van der Waals surface area contributed by atoms with Gasteiger partial charge in [-0.15, -0.1) is 11.3 Å². The van der Waals surface area contributed by atoms with E-state index in [1.54, 1.807) is 17.5 Å². The summed E-state index contributed by atoms with van der Waals surface area (Å²) in [6, 6.07) is 5.48. The van der Waals surface area contributed by atoms with Gasteiger partial charge in [0.15, 0.2) is 0 Å². The maximum Gasteiger partial charge on any atom is 0.251 e. The van der Waals surface area contributed by atoms with Gasteiger partial charge in [-0.1, -0.05) is 0 Å². The molecule has 0 radical (unpaired) electrons. The maximum atomic E-state index is 12.6. The molecular formula is C12H11FN2OS. The van der Waals surface area contributed by atoms with Gasteiger partial charge in [-0.2, -0.15) is 0 Å². The van der Waals surface area contributed by atoms with Gasteiger partial charge >= 0.3 is 0 Å². The third-order valence-corrected chi connectivity index (χ3v) is 3.05. The highest BCUT2D eigenvalue weighted by molar-refractivity contribution is 7.09. The van der Waals surface area contributed by atoms with E-state index in [9.17, 15) is 9.18 Å². The van der Waals surface area contributed by atoms with Crippen molar-refractivity contribution in [2.75, 3.05) is 6.54 Å². The first kappa shape index (κ1) is 11.7. The summed E-state index contributed by atoms with van der Waals surface area (Å²) in [5.74, 6) is -0.536. The van der Waals surface area contributed by atoms with Crippen molar-refractivity contribution in [3.05, 3.63) is 52.2 Å². The minimum Gasteiger partial charge on any atom is -0.352 e. The van der Waals surface area contributed by atoms with E-state index in [1.165, 1.54) is 24.3 Å². The highest BCUT2D eigenvalue weighted by atomic mass is 32.1. The molecule has 0 bridgehead atoms. The fourth-order valence-electron chi connectivity index (χ4n) is 1.36. The highest BCUT2D eigenvalue weighted by Crippen LogP contribution is 2.05. The van der Waals surface area contributed by atoms with Crippen LogP contribution in [0.5, 0.6) is 0 Å². The third kappa shape index (κ3) is 3.35. The van der Waals surface area contributed by atoms with Crippen LogP contribution >= 0.6 is 11.3 Å². The van der Waals surface area contributed by atoms with Crippen molar-refractivity contribution in [2.24, 2.45) is 0 Å². The summed E-state index contributed by atoms with van der Waals surface area (Å²) < 4.78 is 12.6. The van der Waals surface area contributed by atoms with Gasteiger partial charge in [0.2, 0.25) is 0 Å². The summed E-state index contributed by atoms with van der Waals surface area (Å²) in [5, 5.41) is 5.65. The van der Waals surface area contributed by atoms with Gasteiger partial charge in [0.25, 0.3) is 5.91 Å². The van der Waals surface area contributed by atoms with Crippen LogP contribution in [0.1, 0.15) is 15.4 Å². The van der Waals surface area contributed by atoms with Gasteiger partial charge in [0, 0.05) is 30.1 Å². The molecule has 1 aromatic heterocycles. The number of halogens is 1. The molecule has 1 aromatic carbocycles. The predicted octanol–water partition coefficient (Wildman–Crippen LogP) is 2.25. The van der Waals surface area contributed by atoms with Crippen LogP contribution in [0.15, 0.2) is 35.8 Å². The van der Waals surface area contributed by atoms with E-state index < -0.39 is 0 Å². The number of carbonyl (C=O) groups excluding carboxylic acids is 1. The molecular weight excluding hydrogens is 239 g/mol. The summed E-state index contributed by atoms with van der Waals surface area (Å²) >= 11 is 1.56. The maximum absolute atomic E-state index is 12.6. The fraction of sp³-hybridized carbons (Fsp3) is 0.167. The van der Waals surface area contributed by atoms with Crippen LogP contribution < -0.4 is 5.32 Å². The number of nitrogens with zero attached hydrogens (tertiary/aromatic N) is 1. The molecule has 2 rings (SSSR count). The van der Waals surface area contributed by atoms with Crippen molar-refractivity contribution in [3.63, 3.8) is 0 Å². The standard InChI is InChI=1S/C12H11FN2OS/c13-10-3-1-9(2-4-10)12(16)15-6-5-11-14-7-8-17-11/h1-4,7-8H,5-6H2,(H,15,16). The van der Waals surface area contributed by atoms with Crippen LogP contribution in [-0.4, -0.2) is 17.4 Å². The molecule has 1 heterocycles. The number of aromatic nitrogens is 1. The van der Waals surface area contributed by atoms with Gasteiger partial charge in [0.1, 0.15) is 5.82 Å². The second kappa shape index (κ2) is 5.54. The summed E-state index contributed by atoms with van der Waals surface area (Å²) in [7, 11) is 0. The summed E-state index contributed by atoms with van der Waals surface area (Å²) in [6.45, 7) is 0.531. The molecule has 88 valence electrons. The van der Waals surface area contributed by atoms with Gasteiger partial charge < -0.3 is 5.32 Å². The van der Waals surface area contributed by atoms with E-state index >= 15 is 0 Å². The molecule has 3 nitrogen and oxygen atoms in total. The molecule has 0 fully saturated rings. The number of amides is 1. The van der Waals surface area contributed by atoms with Crippen molar-refractivity contribution in [2.45, 2.75) is 6.42 Å². The number of carbonyl (C=O) groups is 1. The molecule has 0 atom stereocenters. The lowest BCUT2D eigenvalue weighted by Gasteiger charge is -2.03. The van der Waals surface area contributed by atoms with Crippen molar-refractivity contribution < 1.29 is 9.18 Å². The molecule has 0 aliphatic heterocycles. The smallest absolute Gasteiger partial charge is 0.251 e. The minimum atomic E-state index is -0.343. The van der Waals surface area contributed by atoms with Crippen LogP contribution in [0, 0.1) is 5.82 Å². The molecule has 2 aromatic rings. The average Bonchev–Trinajstić information content (AvgIpc) is 2.83. The molecule has 5 heteroatoms. The van der Waals surface area contributed by atoms with Gasteiger partial charge in [-0.25, -0.2) is 9.37 Å². The molecule has 0 saturated heterocycles. The van der Waals surface area contributed by atoms with Gasteiger partial charge in [0.05, 0.1) is 5.01 Å². The monoisotopic (exact) mass is 250 g/mol. The topological polar surface area (TPSA) is 42.0 Å². The molecule has 0 saturated carbocycles. The predicted molar refractivity (Wildman–Crippen MR) is 64.6 cm³/mol. The van der Waals surface area contributed by atoms with Crippen LogP contribution in [0.3, 0.4) is 0 Å². The molecule has 0 unspecified atom stereocenters. The normalized spacial score (nSPS) is 10.2. The van der Waals surface area contributed by atoms with Crippen LogP contribution in [0.2, 0.25) is 0 Å². The van der Waals surface area contributed by atoms with Crippen molar-refractivity contribution in [3.8, 4) is 0 Å². The van der Waals surface area contributed by atoms with Crippen LogP contribution in [-0.2, 0) is 6.42 Å². The highest BCUT2D eigenvalue weighted by Gasteiger charge is 2.04. The van der Waals surface area contributed by atoms with Crippen LogP contribution in [0.25, 0.3) is 0 Å². The van der Waals surface area contributed by atoms with Gasteiger partial charge in [-0.05, 0) is 24.3 Å². The summed E-state index contributed by atoms with van der Waals surface area (Å²) in [4.78, 5) is 15.7. The molecule has 0 aliphatic carbocycles. The number of benzene rings is 1. The van der Waals surface area contributed by atoms with E-state index in [0.29, 0.717) is 18.5 Å². The van der Waals surface area contributed by atoms with Crippen molar-refractivity contribution in [1.82, 2.24) is 10.3 Å². The first-order chi connectivity index (χ1) is 8.25. The first-order valence-corrected chi connectivity index (χ1v) is 6.06. The Hall–Kier alpha value is -1.75. The molecule has 0 aliphatic rings. The Morgan fingerprint density at radius 1 is 1.35 bits per heavy atom. The van der Waals surface area contributed by atoms with E-state index in [2.05, 4.69) is 10.3 Å². The Morgan fingerprint density at radius 2 is 2.12 bits per heavy atom. The minimum absolute atomic E-state index is 0.193. The lowest BCUT2D eigenvalue weighted by Crippen LogP contribution is -2.25. The Labute approximate surface area is 102 Å². The van der Waals surface area contributed by atoms with E-state index in [4.69, 9.17) is 0 Å². The Balaban J connectivity index is 1.83. The zero-order valence-corrected chi connectivity index (χ0v) is 9.84. The number of hydrogen-bond acceptors (Lipinski definition) is 3. The number of rotatable bonds is 4. The molecule has 0 spiro atoms. The van der Waals surface area contributed by atoms with Crippen molar-refractivity contribution >= 4 is 17.2 Å². The molecule has 1 amide bonds. The lowest BCUT2D eigenvalue weighted by molar-refractivity contribution is 0.0954. The van der Waals surface area contributed by atoms with Crippen LogP contribution in [0.4, 0.5) is 4.39 Å². The number of nitrogens with one attached hydrogen (secondary N) is 1. The number of thiazole rings is 1. The van der Waals surface area contributed by atoms with E-state index in [0.717, 1.165) is 5.01 Å². The largest absolute Gasteiger partial charge is 0.352 e. The number of hydrogen-bond donors (Lipinski definition) is 1. The van der Waals surface area contributed by atoms with Crippen molar-refractivity contribution in [1.29, 1.82) is 0 Å². The first-order valence-electron chi connectivity index (χ1n) is 5.18. The molecule has 17 heavy (non-hydrogen) atoms. The Kier molecular flexibility index (Phi) is 3.82. The molecule has 1 N–H and O–H groups in total.